The number of aryl methyl sites for hydroxylation is 2. The van der Waals surface area contributed by atoms with E-state index in [4.69, 9.17) is 4.74 Å². The van der Waals surface area contributed by atoms with E-state index in [1.165, 1.54) is 7.05 Å². The van der Waals surface area contributed by atoms with Gasteiger partial charge in [0.15, 0.2) is 0 Å². The number of halogens is 3. The van der Waals surface area contributed by atoms with E-state index in [1.807, 2.05) is 0 Å². The second-order valence-corrected chi connectivity index (χ2v) is 5.21. The number of carbonyl (C=O) groups is 1. The van der Waals surface area contributed by atoms with Gasteiger partial charge in [0.1, 0.15) is 9.26 Å². The summed E-state index contributed by atoms with van der Waals surface area (Å²) >= 11 is 1.70. The maximum atomic E-state index is 12.7. The molecule has 0 aliphatic rings. The maximum absolute atomic E-state index is 12.7. The Morgan fingerprint density at radius 2 is 2.05 bits per heavy atom. The van der Waals surface area contributed by atoms with E-state index in [9.17, 15) is 13.6 Å². The molecule has 2 rings (SSSR count). The van der Waals surface area contributed by atoms with Gasteiger partial charge in [-0.05, 0) is 41.1 Å². The number of carbonyl (C=O) groups excluding carboxylic acids is 1. The lowest BCUT2D eigenvalue weighted by Crippen LogP contribution is -2.13. The highest BCUT2D eigenvalue weighted by Crippen LogP contribution is 2.30. The minimum absolute atomic E-state index is 0.0224. The second-order valence-electron chi connectivity index (χ2n) is 4.13. The molecule has 0 atom stereocenters. The molecule has 1 aromatic heterocycles. The van der Waals surface area contributed by atoms with Crippen molar-refractivity contribution < 1.29 is 18.3 Å². The molecule has 106 valence electrons. The summed E-state index contributed by atoms with van der Waals surface area (Å²) in [6.45, 7) is 1.77. The van der Waals surface area contributed by atoms with Crippen LogP contribution in [0.5, 0.6) is 5.88 Å². The highest BCUT2D eigenvalue weighted by atomic mass is 127. The highest BCUT2D eigenvalue weighted by molar-refractivity contribution is 14.1. The molecule has 0 saturated carbocycles. The molecule has 0 N–H and O–H groups in total. The molecule has 0 saturated heterocycles. The monoisotopic (exact) mass is 392 g/mol. The van der Waals surface area contributed by atoms with E-state index < -0.39 is 12.4 Å². The molecule has 0 radical (unpaired) electrons. The Hall–Kier alpha value is -1.51. The number of benzene rings is 1. The number of hydrogen-bond donors (Lipinski definition) is 0. The van der Waals surface area contributed by atoms with Crippen LogP contribution >= 0.6 is 22.6 Å². The summed E-state index contributed by atoms with van der Waals surface area (Å²) in [4.78, 5) is 12.1. The molecule has 7 heteroatoms. The van der Waals surface area contributed by atoms with Crippen LogP contribution in [-0.4, -0.2) is 15.7 Å². The third-order valence-corrected chi connectivity index (χ3v) is 3.74. The number of hydrogen-bond acceptors (Lipinski definition) is 3. The van der Waals surface area contributed by atoms with Gasteiger partial charge in [-0.1, -0.05) is 18.2 Å². The molecular weight excluding hydrogens is 381 g/mol. The molecule has 4 nitrogen and oxygen atoms in total. The Balaban J connectivity index is 2.31. The van der Waals surface area contributed by atoms with Gasteiger partial charge in [-0.25, -0.2) is 18.3 Å². The number of esters is 1. The van der Waals surface area contributed by atoms with E-state index >= 15 is 0 Å². The number of ether oxygens (including phenoxy) is 1. The van der Waals surface area contributed by atoms with Crippen LogP contribution in [0.2, 0.25) is 0 Å². The van der Waals surface area contributed by atoms with E-state index in [0.29, 0.717) is 5.56 Å². The average molecular weight is 392 g/mol. The van der Waals surface area contributed by atoms with Crippen LogP contribution in [0.4, 0.5) is 8.78 Å². The smallest absolute Gasteiger partial charge is 0.345 e. The molecule has 0 fully saturated rings. The van der Waals surface area contributed by atoms with Gasteiger partial charge < -0.3 is 4.74 Å². The van der Waals surface area contributed by atoms with Crippen molar-refractivity contribution in [3.63, 3.8) is 0 Å². The zero-order chi connectivity index (χ0) is 14.9. The van der Waals surface area contributed by atoms with Crippen molar-refractivity contribution in [2.45, 2.75) is 13.3 Å². The van der Waals surface area contributed by atoms with Crippen LogP contribution < -0.4 is 4.74 Å². The Kier molecular flexibility index (Phi) is 4.36. The van der Waals surface area contributed by atoms with Crippen molar-refractivity contribution in [2.24, 2.45) is 7.05 Å². The predicted octanol–water partition coefficient (Wildman–Crippen LogP) is 3.49. The third-order valence-electron chi connectivity index (χ3n) is 2.73. The first-order valence-corrected chi connectivity index (χ1v) is 6.78. The summed E-state index contributed by atoms with van der Waals surface area (Å²) in [5.74, 6) is -0.570. The molecular formula is C13H11F2IN2O2. The first-order valence-electron chi connectivity index (χ1n) is 5.70. The molecule has 1 heterocycles. The van der Waals surface area contributed by atoms with E-state index in [2.05, 4.69) is 5.10 Å². The van der Waals surface area contributed by atoms with Crippen molar-refractivity contribution >= 4 is 28.6 Å². The largest absolute Gasteiger partial charge is 0.403 e. The summed E-state index contributed by atoms with van der Waals surface area (Å²) in [5.41, 5.74) is 0.757. The molecule has 1 aromatic carbocycles. The van der Waals surface area contributed by atoms with E-state index in [-0.39, 0.29) is 15.1 Å². The fraction of sp³-hybridized carbons (Fsp3) is 0.231. The Morgan fingerprint density at radius 3 is 2.60 bits per heavy atom. The first kappa shape index (κ1) is 14.9. The second kappa shape index (κ2) is 5.86. The zero-order valence-corrected chi connectivity index (χ0v) is 12.9. The van der Waals surface area contributed by atoms with Gasteiger partial charge in [0.2, 0.25) is 5.88 Å². The summed E-state index contributed by atoms with van der Waals surface area (Å²) in [5, 5.41) is 3.66. The Morgan fingerprint density at radius 1 is 1.40 bits per heavy atom. The van der Waals surface area contributed by atoms with Crippen molar-refractivity contribution in [2.75, 3.05) is 0 Å². The van der Waals surface area contributed by atoms with Gasteiger partial charge in [-0.3, -0.25) is 0 Å². The molecule has 20 heavy (non-hydrogen) atoms. The van der Waals surface area contributed by atoms with Crippen LogP contribution in [0.15, 0.2) is 24.3 Å². The molecule has 0 spiro atoms. The minimum atomic E-state index is -2.71. The quantitative estimate of drug-likeness (QED) is 0.594. The van der Waals surface area contributed by atoms with Crippen molar-refractivity contribution in [3.05, 3.63) is 44.7 Å². The van der Waals surface area contributed by atoms with Crippen molar-refractivity contribution in [3.8, 4) is 5.88 Å². The third kappa shape index (κ3) is 2.82. The Bertz CT molecular complexity index is 656. The lowest BCUT2D eigenvalue weighted by atomic mass is 10.1. The summed E-state index contributed by atoms with van der Waals surface area (Å²) in [6.07, 6.45) is -2.71. The summed E-state index contributed by atoms with van der Waals surface area (Å²) in [6, 6.07) is 6.90. The molecule has 0 unspecified atom stereocenters. The summed E-state index contributed by atoms with van der Waals surface area (Å²) in [7, 11) is 1.45. The number of nitrogens with zero attached hydrogens (tertiary/aromatic N) is 2. The van der Waals surface area contributed by atoms with Gasteiger partial charge >= 0.3 is 5.97 Å². The molecule has 0 amide bonds. The number of aromatic nitrogens is 2. The number of alkyl halides is 2. The van der Waals surface area contributed by atoms with Gasteiger partial charge in [0, 0.05) is 7.05 Å². The predicted molar refractivity (Wildman–Crippen MR) is 77.0 cm³/mol. The standard InChI is InChI=1S/C13H11F2IN2O2/c1-7-5-3-4-6-8(7)13(19)20-12-9(16)10(11(14)15)17-18(12)2/h3-6,11H,1-2H3. The maximum Gasteiger partial charge on any atom is 0.345 e. The normalized spacial score (nSPS) is 10.9. The van der Waals surface area contributed by atoms with E-state index in [1.54, 1.807) is 53.8 Å². The number of rotatable bonds is 3. The van der Waals surface area contributed by atoms with Crippen molar-refractivity contribution in [1.29, 1.82) is 0 Å². The van der Waals surface area contributed by atoms with Crippen LogP contribution in [0, 0.1) is 10.5 Å². The summed E-state index contributed by atoms with van der Waals surface area (Å²) < 4.78 is 31.9. The van der Waals surface area contributed by atoms with Crippen LogP contribution in [0.25, 0.3) is 0 Å². The van der Waals surface area contributed by atoms with Crippen molar-refractivity contribution in [1.82, 2.24) is 9.78 Å². The highest BCUT2D eigenvalue weighted by Gasteiger charge is 2.24. The van der Waals surface area contributed by atoms with Crippen LogP contribution in [0.1, 0.15) is 28.0 Å². The Labute approximate surface area is 127 Å². The zero-order valence-electron chi connectivity index (χ0n) is 10.7. The first-order chi connectivity index (χ1) is 9.41. The van der Waals surface area contributed by atoms with Gasteiger partial charge in [-0.15, -0.1) is 0 Å². The topological polar surface area (TPSA) is 44.1 Å². The average Bonchev–Trinajstić information content (AvgIpc) is 2.67. The van der Waals surface area contributed by atoms with Gasteiger partial charge in [0.25, 0.3) is 6.43 Å². The van der Waals surface area contributed by atoms with Gasteiger partial charge in [-0.2, -0.15) is 5.10 Å². The SMILES string of the molecule is Cc1ccccc1C(=O)Oc1c(I)c(C(F)F)nn1C. The fourth-order valence-electron chi connectivity index (χ4n) is 1.70. The lowest BCUT2D eigenvalue weighted by Gasteiger charge is -2.06. The van der Waals surface area contributed by atoms with Crippen LogP contribution in [-0.2, 0) is 7.05 Å². The fourth-order valence-corrected chi connectivity index (χ4v) is 2.50. The lowest BCUT2D eigenvalue weighted by molar-refractivity contribution is 0.0717. The molecule has 0 bridgehead atoms. The molecule has 0 aliphatic carbocycles. The van der Waals surface area contributed by atoms with E-state index in [0.717, 1.165) is 10.2 Å². The van der Waals surface area contributed by atoms with Gasteiger partial charge in [0.05, 0.1) is 5.56 Å². The molecule has 2 aromatic rings. The minimum Gasteiger partial charge on any atom is -0.403 e. The van der Waals surface area contributed by atoms with Crippen LogP contribution in [0.3, 0.4) is 0 Å². The molecule has 0 aliphatic heterocycles.